The Morgan fingerprint density at radius 1 is 1.09 bits per heavy atom. The van der Waals surface area contributed by atoms with Crippen LogP contribution in [0.2, 0.25) is 0 Å². The van der Waals surface area contributed by atoms with E-state index in [4.69, 9.17) is 6.57 Å². The number of Topliss-reactive ketones (excluding diaryl/α,β-unsaturated/α-hetero) is 1. The molecule has 1 aromatic heterocycles. The molecule has 0 aliphatic heterocycles. The van der Waals surface area contributed by atoms with Crippen molar-refractivity contribution in [1.29, 1.82) is 0 Å². The fourth-order valence-electron chi connectivity index (χ4n) is 3.25. The molecule has 0 fully saturated rings. The van der Waals surface area contributed by atoms with Crippen LogP contribution < -0.4 is 0 Å². The van der Waals surface area contributed by atoms with Gasteiger partial charge in [-0.05, 0) is 24.6 Å². The summed E-state index contributed by atoms with van der Waals surface area (Å²) in [6, 6.07) is 6.17. The molecule has 3 aromatic rings. The van der Waals surface area contributed by atoms with Gasteiger partial charge in [0.25, 0.3) is 0 Å². The number of aromatic nitrogens is 2. The number of halogens is 6. The fourth-order valence-corrected chi connectivity index (χ4v) is 3.25. The topological polar surface area (TPSA) is 59.5 Å². The van der Waals surface area contributed by atoms with E-state index in [9.17, 15) is 36.2 Å². The monoisotopic (exact) mass is 471 g/mol. The summed E-state index contributed by atoms with van der Waals surface area (Å²) in [7, 11) is 0. The third kappa shape index (κ3) is 5.34. The van der Waals surface area contributed by atoms with Crippen molar-refractivity contribution in [2.75, 3.05) is 0 Å². The van der Waals surface area contributed by atoms with E-state index in [-0.39, 0.29) is 23.9 Å². The first-order valence-electron chi connectivity index (χ1n) is 9.09. The highest BCUT2D eigenvalue weighted by molar-refractivity contribution is 5.89. The van der Waals surface area contributed by atoms with Crippen LogP contribution in [0.4, 0.5) is 32.0 Å². The number of ketones is 1. The zero-order valence-electron chi connectivity index (χ0n) is 16.4. The van der Waals surface area contributed by atoms with Gasteiger partial charge in [-0.25, -0.2) is 4.85 Å². The van der Waals surface area contributed by atoms with Crippen molar-refractivity contribution < 1.29 is 36.2 Å². The van der Waals surface area contributed by atoms with Crippen LogP contribution in [-0.2, 0) is 30.1 Å². The van der Waals surface area contributed by atoms with Gasteiger partial charge in [0.05, 0.1) is 36.0 Å². The Balaban J connectivity index is 0.00000385. The highest BCUT2D eigenvalue weighted by Crippen LogP contribution is 2.37. The van der Waals surface area contributed by atoms with Crippen molar-refractivity contribution in [3.8, 4) is 0 Å². The minimum absolute atomic E-state index is 0. The van der Waals surface area contributed by atoms with E-state index in [1.165, 1.54) is 12.1 Å². The molecule has 1 N–H and O–H groups in total. The molecule has 0 radical (unpaired) electrons. The Morgan fingerprint density at radius 3 is 2.30 bits per heavy atom. The molecular weight excluding hydrogens is 452 g/mol. The summed E-state index contributed by atoms with van der Waals surface area (Å²) >= 11 is 0. The lowest BCUT2D eigenvalue weighted by Gasteiger charge is -2.22. The van der Waals surface area contributed by atoms with Crippen molar-refractivity contribution in [2.45, 2.75) is 45.3 Å². The number of hydrogen-bond acceptors (Lipinski definition) is 3. The molecule has 0 saturated carbocycles. The molecule has 3 rings (SSSR count). The maximum Gasteiger partial charge on any atom is 0.417 e. The van der Waals surface area contributed by atoms with E-state index in [1.807, 2.05) is 0 Å². The molecule has 176 valence electrons. The number of aliphatic hydroxyl groups is 1. The summed E-state index contributed by atoms with van der Waals surface area (Å²) < 4.78 is 79.9. The molecule has 33 heavy (non-hydrogen) atoms. The van der Waals surface area contributed by atoms with Gasteiger partial charge in [-0.2, -0.15) is 31.4 Å². The van der Waals surface area contributed by atoms with Crippen molar-refractivity contribution >= 4 is 22.4 Å². The van der Waals surface area contributed by atoms with Crippen LogP contribution in [0.25, 0.3) is 15.7 Å². The highest BCUT2D eigenvalue weighted by atomic mass is 19.4. The Kier molecular flexibility index (Phi) is 6.95. The second kappa shape index (κ2) is 8.86. The molecule has 0 spiro atoms. The maximum atomic E-state index is 13.2. The second-order valence-electron chi connectivity index (χ2n) is 7.37. The number of hydrogen-bond donors (Lipinski definition) is 1. The Bertz CT molecular complexity index is 1220. The first-order valence-corrected chi connectivity index (χ1v) is 9.09. The zero-order chi connectivity index (χ0) is 23.9. The lowest BCUT2D eigenvalue weighted by atomic mass is 9.94. The molecule has 11 heteroatoms. The predicted octanol–water partition coefficient (Wildman–Crippen LogP) is 5.82. The van der Waals surface area contributed by atoms with E-state index in [1.54, 1.807) is 0 Å². The SMILES string of the molecule is C.[C-]#[N+]c1ccc(CC(=O)[C@@](C)(O)Cn2ncc3c(C(F)(F)F)cccc32)cc1C(F)(F)F. The summed E-state index contributed by atoms with van der Waals surface area (Å²) in [5.74, 6) is -0.864. The summed E-state index contributed by atoms with van der Waals surface area (Å²) in [6.07, 6.45) is -9.04. The number of fused-ring (bicyclic) bond motifs is 1. The Hall–Kier alpha value is -3.39. The average Bonchev–Trinajstić information content (AvgIpc) is 3.08. The van der Waals surface area contributed by atoms with E-state index in [0.717, 1.165) is 36.0 Å². The number of alkyl halides is 6. The molecule has 2 aromatic carbocycles. The van der Waals surface area contributed by atoms with E-state index in [2.05, 4.69) is 9.94 Å². The van der Waals surface area contributed by atoms with E-state index in [0.29, 0.717) is 6.07 Å². The number of carbonyl (C=O) groups excluding carboxylic acids is 1. The number of carbonyl (C=O) groups is 1. The lowest BCUT2D eigenvalue weighted by Crippen LogP contribution is -2.41. The van der Waals surface area contributed by atoms with Gasteiger partial charge in [0.15, 0.2) is 11.5 Å². The third-order valence-electron chi connectivity index (χ3n) is 4.90. The van der Waals surface area contributed by atoms with Gasteiger partial charge in [0, 0.05) is 11.8 Å². The molecule has 1 atom stereocenters. The average molecular weight is 471 g/mol. The van der Waals surface area contributed by atoms with Crippen LogP contribution in [-0.4, -0.2) is 26.3 Å². The molecule has 1 heterocycles. The molecule has 0 aliphatic carbocycles. The third-order valence-corrected chi connectivity index (χ3v) is 4.90. The van der Waals surface area contributed by atoms with Gasteiger partial charge in [-0.15, -0.1) is 0 Å². The normalized spacial score (nSPS) is 13.8. The Morgan fingerprint density at radius 2 is 1.73 bits per heavy atom. The van der Waals surface area contributed by atoms with Crippen molar-refractivity contribution in [2.24, 2.45) is 0 Å². The largest absolute Gasteiger partial charge is 0.417 e. The van der Waals surface area contributed by atoms with Crippen molar-refractivity contribution in [1.82, 2.24) is 9.78 Å². The van der Waals surface area contributed by atoms with Gasteiger partial charge in [0.2, 0.25) is 0 Å². The molecule has 5 nitrogen and oxygen atoms in total. The standard InChI is InChI=1S/C21H15F6N3O2.CH4/c1-19(32,11-30-17-5-3-4-14(20(22,23)24)13(17)10-29-30)18(31)9-12-6-7-16(28-2)15(8-12)21(25,26)27;/h3-8,10,32H,9,11H2,1H3;1H4/t19-;/m0./s1. The van der Waals surface area contributed by atoms with Crippen LogP contribution in [0.5, 0.6) is 0 Å². The molecule has 0 unspecified atom stereocenters. The van der Waals surface area contributed by atoms with Gasteiger partial charge >= 0.3 is 12.4 Å². The summed E-state index contributed by atoms with van der Waals surface area (Å²) in [4.78, 5) is 15.4. The van der Waals surface area contributed by atoms with Gasteiger partial charge in [-0.3, -0.25) is 9.48 Å². The van der Waals surface area contributed by atoms with Gasteiger partial charge in [0.1, 0.15) is 5.60 Å². The Labute approximate surface area is 185 Å². The van der Waals surface area contributed by atoms with Gasteiger partial charge in [-0.1, -0.05) is 31.7 Å². The smallest absolute Gasteiger partial charge is 0.380 e. The second-order valence-corrected chi connectivity index (χ2v) is 7.37. The summed E-state index contributed by atoms with van der Waals surface area (Å²) in [5.41, 5.74) is -4.91. The van der Waals surface area contributed by atoms with E-state index >= 15 is 0 Å². The molecular formula is C22H19F6N3O2. The van der Waals surface area contributed by atoms with Crippen molar-refractivity contribution in [3.05, 3.63) is 70.7 Å². The van der Waals surface area contributed by atoms with Crippen LogP contribution >= 0.6 is 0 Å². The summed E-state index contributed by atoms with van der Waals surface area (Å²) in [5, 5.41) is 14.3. The van der Waals surface area contributed by atoms with Crippen LogP contribution in [0.3, 0.4) is 0 Å². The predicted molar refractivity (Wildman–Crippen MR) is 109 cm³/mol. The summed E-state index contributed by atoms with van der Waals surface area (Å²) in [6.45, 7) is 7.44. The molecule has 0 saturated heterocycles. The highest BCUT2D eigenvalue weighted by Gasteiger charge is 2.36. The molecule has 0 amide bonds. The van der Waals surface area contributed by atoms with Gasteiger partial charge < -0.3 is 5.11 Å². The molecule has 0 bridgehead atoms. The minimum Gasteiger partial charge on any atom is -0.380 e. The van der Waals surface area contributed by atoms with Crippen LogP contribution in [0.1, 0.15) is 31.0 Å². The number of benzene rings is 2. The minimum atomic E-state index is -4.80. The quantitative estimate of drug-likeness (QED) is 0.377. The molecule has 0 aliphatic rings. The van der Waals surface area contributed by atoms with E-state index < -0.39 is 53.5 Å². The maximum absolute atomic E-state index is 13.2. The lowest BCUT2D eigenvalue weighted by molar-refractivity contribution is -0.138. The number of nitrogens with zero attached hydrogens (tertiary/aromatic N) is 3. The zero-order valence-corrected chi connectivity index (χ0v) is 16.4. The first kappa shape index (κ1) is 25.9. The number of rotatable bonds is 5. The van der Waals surface area contributed by atoms with Crippen molar-refractivity contribution in [3.63, 3.8) is 0 Å². The fraction of sp³-hybridized carbons (Fsp3) is 0.318. The first-order chi connectivity index (χ1) is 14.7. The van der Waals surface area contributed by atoms with Crippen LogP contribution in [0, 0.1) is 6.57 Å². The van der Waals surface area contributed by atoms with Crippen LogP contribution in [0.15, 0.2) is 42.6 Å².